The molecule has 1 aromatic carbocycles. The molecule has 1 aliphatic carbocycles. The van der Waals surface area contributed by atoms with E-state index in [-0.39, 0.29) is 11.1 Å². The Balaban J connectivity index is 2.70. The number of carbonyl (C=O) groups is 2. The van der Waals surface area contributed by atoms with Gasteiger partial charge in [-0.2, -0.15) is 0 Å². The highest BCUT2D eigenvalue weighted by molar-refractivity contribution is 6.53. The molecule has 5 nitrogen and oxygen atoms in total. The number of rotatable bonds is 1. The lowest BCUT2D eigenvalue weighted by atomic mass is 10.1. The molecule has 0 aliphatic heterocycles. The molecule has 0 atom stereocenters. The number of Topliss-reactive ketones (excluding diaryl/α,β-unsaturated/α-hetero) is 2. The minimum Gasteiger partial charge on any atom is -0.284 e. The smallest absolute Gasteiger partial charge is 0.284 e. The summed E-state index contributed by atoms with van der Waals surface area (Å²) in [6, 6.07) is 5.74. The molecule has 76 valence electrons. The molecular formula is C9H4ClNO4. The third kappa shape index (κ3) is 1.04. The molecule has 0 bridgehead atoms. The lowest BCUT2D eigenvalue weighted by molar-refractivity contribution is -0.505. The van der Waals surface area contributed by atoms with Crippen LogP contribution in [0.25, 0.3) is 0 Å². The highest BCUT2D eigenvalue weighted by atomic mass is 35.5. The van der Waals surface area contributed by atoms with Crippen molar-refractivity contribution in [3.63, 3.8) is 0 Å². The third-order valence-corrected chi connectivity index (χ3v) is 2.75. The van der Waals surface area contributed by atoms with E-state index in [0.717, 1.165) is 0 Å². The van der Waals surface area contributed by atoms with Gasteiger partial charge in [0.15, 0.2) is 0 Å². The molecule has 0 aromatic heterocycles. The zero-order chi connectivity index (χ0) is 11.2. The van der Waals surface area contributed by atoms with Gasteiger partial charge in [-0.05, 0) is 11.6 Å². The SMILES string of the molecule is O=C1c2ccccc2C(=O)C1(Cl)[N+](=O)[O-]. The minimum atomic E-state index is -2.66. The Morgan fingerprint density at radius 3 is 1.87 bits per heavy atom. The van der Waals surface area contributed by atoms with Crippen molar-refractivity contribution in [3.05, 3.63) is 45.5 Å². The predicted octanol–water partition coefficient (Wildman–Crippen LogP) is 1.28. The van der Waals surface area contributed by atoms with Crippen molar-refractivity contribution in [2.75, 3.05) is 0 Å². The third-order valence-electron chi connectivity index (χ3n) is 2.27. The number of nitrogens with zero attached hydrogens (tertiary/aromatic N) is 1. The van der Waals surface area contributed by atoms with Crippen LogP contribution in [0.2, 0.25) is 0 Å². The lowest BCUT2D eigenvalue weighted by Crippen LogP contribution is -2.43. The first-order valence-corrected chi connectivity index (χ1v) is 4.39. The van der Waals surface area contributed by atoms with Crippen LogP contribution < -0.4 is 0 Å². The first kappa shape index (κ1) is 9.79. The van der Waals surface area contributed by atoms with Crippen LogP contribution in [-0.4, -0.2) is 21.5 Å². The highest BCUT2D eigenvalue weighted by Crippen LogP contribution is 2.35. The fourth-order valence-corrected chi connectivity index (χ4v) is 1.71. The van der Waals surface area contributed by atoms with E-state index in [4.69, 9.17) is 11.6 Å². The van der Waals surface area contributed by atoms with Crippen LogP contribution >= 0.6 is 11.6 Å². The fraction of sp³-hybridized carbons (Fsp3) is 0.111. The van der Waals surface area contributed by atoms with Crippen molar-refractivity contribution in [2.45, 2.75) is 5.00 Å². The van der Waals surface area contributed by atoms with Gasteiger partial charge in [0, 0.05) is 11.1 Å². The van der Waals surface area contributed by atoms with Crippen LogP contribution in [0, 0.1) is 10.1 Å². The predicted molar refractivity (Wildman–Crippen MR) is 50.7 cm³/mol. The number of hydrogen-bond acceptors (Lipinski definition) is 4. The summed E-state index contributed by atoms with van der Waals surface area (Å²) in [5, 5.41) is 10.6. The zero-order valence-corrected chi connectivity index (χ0v) is 8.02. The number of fused-ring (bicyclic) bond motifs is 1. The van der Waals surface area contributed by atoms with E-state index < -0.39 is 21.5 Å². The second kappa shape index (κ2) is 2.87. The monoisotopic (exact) mass is 225 g/mol. The summed E-state index contributed by atoms with van der Waals surface area (Å²) in [6.07, 6.45) is 0. The number of benzene rings is 1. The zero-order valence-electron chi connectivity index (χ0n) is 7.27. The Kier molecular flexibility index (Phi) is 1.87. The molecule has 6 heteroatoms. The van der Waals surface area contributed by atoms with Crippen molar-refractivity contribution in [1.29, 1.82) is 0 Å². The molecule has 0 spiro atoms. The molecule has 0 amide bonds. The number of nitro groups is 1. The van der Waals surface area contributed by atoms with Crippen molar-refractivity contribution in [2.24, 2.45) is 0 Å². The Bertz CT molecular complexity index is 462. The van der Waals surface area contributed by atoms with Crippen LogP contribution in [0.5, 0.6) is 0 Å². The molecule has 0 N–H and O–H groups in total. The number of hydrogen-bond donors (Lipinski definition) is 0. The Morgan fingerprint density at radius 2 is 1.53 bits per heavy atom. The molecule has 0 saturated heterocycles. The number of carbonyl (C=O) groups excluding carboxylic acids is 2. The molecule has 15 heavy (non-hydrogen) atoms. The van der Waals surface area contributed by atoms with Gasteiger partial charge in [-0.3, -0.25) is 19.7 Å². The summed E-state index contributed by atoms with van der Waals surface area (Å²) in [6.45, 7) is 0. The summed E-state index contributed by atoms with van der Waals surface area (Å²) in [5.41, 5.74) is 0.0170. The van der Waals surface area contributed by atoms with E-state index in [1.54, 1.807) is 0 Å². The molecule has 1 aliphatic rings. The molecule has 0 radical (unpaired) electrons. The van der Waals surface area contributed by atoms with Crippen LogP contribution in [0.3, 0.4) is 0 Å². The van der Waals surface area contributed by atoms with Crippen molar-refractivity contribution in [3.8, 4) is 0 Å². The maximum absolute atomic E-state index is 11.6. The van der Waals surface area contributed by atoms with Gasteiger partial charge in [0.05, 0.1) is 4.92 Å². The van der Waals surface area contributed by atoms with Crippen LogP contribution in [-0.2, 0) is 0 Å². The number of halogens is 1. The second-order valence-electron chi connectivity index (χ2n) is 3.08. The Morgan fingerprint density at radius 1 is 1.13 bits per heavy atom. The van der Waals surface area contributed by atoms with E-state index in [1.807, 2.05) is 0 Å². The molecule has 0 saturated carbocycles. The summed E-state index contributed by atoms with van der Waals surface area (Å²) < 4.78 is 0. The summed E-state index contributed by atoms with van der Waals surface area (Å²) >= 11 is 5.47. The largest absolute Gasteiger partial charge is 0.419 e. The van der Waals surface area contributed by atoms with Gasteiger partial charge in [0.25, 0.3) is 11.6 Å². The minimum absolute atomic E-state index is 0.00852. The molecule has 2 rings (SSSR count). The topological polar surface area (TPSA) is 77.3 Å². The molecular weight excluding hydrogens is 222 g/mol. The number of ketones is 2. The van der Waals surface area contributed by atoms with Crippen LogP contribution in [0.4, 0.5) is 0 Å². The average Bonchev–Trinajstić information content (AvgIpc) is 2.43. The second-order valence-corrected chi connectivity index (χ2v) is 3.63. The van der Waals surface area contributed by atoms with E-state index in [2.05, 4.69) is 0 Å². The first-order chi connectivity index (χ1) is 6.99. The molecule has 0 fully saturated rings. The van der Waals surface area contributed by atoms with Gasteiger partial charge in [-0.25, -0.2) is 0 Å². The number of alkyl halides is 1. The van der Waals surface area contributed by atoms with Crippen molar-refractivity contribution < 1.29 is 14.5 Å². The Hall–Kier alpha value is -1.75. The van der Waals surface area contributed by atoms with E-state index in [9.17, 15) is 19.7 Å². The maximum Gasteiger partial charge on any atom is 0.419 e. The van der Waals surface area contributed by atoms with Crippen LogP contribution in [0.15, 0.2) is 24.3 Å². The normalized spacial score (nSPS) is 17.7. The van der Waals surface area contributed by atoms with Crippen LogP contribution in [0.1, 0.15) is 20.7 Å². The quantitative estimate of drug-likeness (QED) is 0.237. The van der Waals surface area contributed by atoms with E-state index in [1.165, 1.54) is 24.3 Å². The van der Waals surface area contributed by atoms with Gasteiger partial charge >= 0.3 is 5.00 Å². The summed E-state index contributed by atoms with van der Waals surface area (Å²) in [7, 11) is 0. The summed E-state index contributed by atoms with van der Waals surface area (Å²) in [5.74, 6) is -1.93. The molecule has 1 aromatic rings. The van der Waals surface area contributed by atoms with E-state index >= 15 is 0 Å². The molecule has 0 unspecified atom stereocenters. The lowest BCUT2D eigenvalue weighted by Gasteiger charge is -2.06. The average molecular weight is 226 g/mol. The van der Waals surface area contributed by atoms with Gasteiger partial charge in [-0.15, -0.1) is 0 Å². The van der Waals surface area contributed by atoms with Crippen molar-refractivity contribution in [1.82, 2.24) is 0 Å². The van der Waals surface area contributed by atoms with Gasteiger partial charge < -0.3 is 0 Å². The van der Waals surface area contributed by atoms with Crippen molar-refractivity contribution >= 4 is 23.2 Å². The van der Waals surface area contributed by atoms with Gasteiger partial charge in [0.2, 0.25) is 0 Å². The first-order valence-electron chi connectivity index (χ1n) is 4.01. The highest BCUT2D eigenvalue weighted by Gasteiger charge is 2.62. The standard InChI is InChI=1S/C9H4ClNO4/c10-9(11(14)15)7(12)5-3-1-2-4-6(5)8(9)13/h1-4H. The summed E-state index contributed by atoms with van der Waals surface area (Å²) in [4.78, 5) is 30.1. The maximum atomic E-state index is 11.6. The Labute approximate surface area is 88.8 Å². The fourth-order valence-electron chi connectivity index (χ4n) is 1.50. The van der Waals surface area contributed by atoms with E-state index in [0.29, 0.717) is 0 Å². The van der Waals surface area contributed by atoms with Gasteiger partial charge in [-0.1, -0.05) is 24.3 Å². The van der Waals surface area contributed by atoms with Gasteiger partial charge in [0.1, 0.15) is 0 Å². The molecule has 0 heterocycles.